The molecule has 0 fully saturated rings. The third kappa shape index (κ3) is 70.6. The van der Waals surface area contributed by atoms with Gasteiger partial charge in [0.05, 0.1) is 5.97 Å². The third-order valence-corrected chi connectivity index (χ3v) is 2.65. The fourth-order valence-electron chi connectivity index (χ4n) is 1.12. The smallest absolute Gasteiger partial charge is 0.548 e. The van der Waals surface area contributed by atoms with Gasteiger partial charge >= 0.3 is 16.8 Å². The molecule has 0 saturated carbocycles. The summed E-state index contributed by atoms with van der Waals surface area (Å²) in [7, 11) is -9.89. The largest absolute Gasteiger partial charge is 3.00 e. The van der Waals surface area contributed by atoms with Crippen molar-refractivity contribution in [3.05, 3.63) is 0 Å². The van der Waals surface area contributed by atoms with E-state index in [2.05, 4.69) is 10.6 Å². The molecule has 0 heterocycles. The predicted octanol–water partition coefficient (Wildman–Crippen LogP) is -12.3. The molecule has 0 rings (SSSR count). The summed E-state index contributed by atoms with van der Waals surface area (Å²) >= 11 is 0. The number of carboxylic acids is 1. The molecule has 0 aromatic carbocycles. The van der Waals surface area contributed by atoms with Crippen LogP contribution < -0.4 is 70.2 Å². The molecule has 0 aliphatic rings. The Labute approximate surface area is 189 Å². The zero-order valence-electron chi connectivity index (χ0n) is 16.5. The Hall–Kier alpha value is 0.0365. The van der Waals surface area contributed by atoms with Crippen molar-refractivity contribution >= 4 is 5.97 Å². The quantitative estimate of drug-likeness (QED) is 0.162. The van der Waals surface area contributed by atoms with E-state index < -0.39 is 32.5 Å². The van der Waals surface area contributed by atoms with Gasteiger partial charge in [0.2, 0.25) is 0 Å². The molecule has 0 unspecified atom stereocenters. The van der Waals surface area contributed by atoms with Crippen LogP contribution in [0.5, 0.6) is 0 Å². The first-order chi connectivity index (χ1) is 13.0. The SMILES string of the molecule is CC[C@H](C)[C@H](N)C(=O)[O-].NCCNCCNCCN.[Co+3].[O-][Cl+3]([O-])([O-])[O-].[O-][Cl+3]([O-])([O-])[O-]. The second kappa shape index (κ2) is 25.3. The van der Waals surface area contributed by atoms with E-state index in [1.165, 1.54) is 0 Å². The normalized spacial score (nSPS) is 12.4. The molecule has 0 saturated heterocycles. The molecular weight excluding hydrogens is 504 g/mol. The van der Waals surface area contributed by atoms with Crippen molar-refractivity contribution in [2.75, 3.05) is 39.3 Å². The van der Waals surface area contributed by atoms with E-state index in [1.54, 1.807) is 6.92 Å². The van der Waals surface area contributed by atoms with Crippen molar-refractivity contribution in [3.63, 3.8) is 0 Å². The fraction of sp³-hybridized carbons (Fsp3) is 0.917. The molecule has 0 aromatic rings. The minimum absolute atomic E-state index is 0. The molecule has 30 heavy (non-hydrogen) atoms. The van der Waals surface area contributed by atoms with Crippen molar-refractivity contribution < 1.29 is 84.4 Å². The predicted molar refractivity (Wildman–Crippen MR) is 76.3 cm³/mol. The number of hydrogen-bond donors (Lipinski definition) is 5. The Kier molecular flexibility index (Phi) is 34.1. The molecule has 8 N–H and O–H groups in total. The van der Waals surface area contributed by atoms with E-state index in [-0.39, 0.29) is 22.7 Å². The molecule has 0 aliphatic heterocycles. The first-order valence-corrected chi connectivity index (χ1v) is 10.5. The average Bonchev–Trinajstić information content (AvgIpc) is 2.54. The number of aliphatic carboxylic acids is 1. The maximum atomic E-state index is 10.1. The number of carbonyl (C=O) groups is 1. The Morgan fingerprint density at radius 1 is 0.833 bits per heavy atom. The van der Waals surface area contributed by atoms with Crippen LogP contribution in [-0.4, -0.2) is 51.3 Å². The van der Waals surface area contributed by atoms with Crippen LogP contribution in [0.15, 0.2) is 0 Å². The van der Waals surface area contributed by atoms with Gasteiger partial charge in [-0.1, -0.05) is 20.3 Å². The third-order valence-electron chi connectivity index (χ3n) is 2.65. The minimum Gasteiger partial charge on any atom is -0.548 e. The summed E-state index contributed by atoms with van der Waals surface area (Å²) in [4.78, 5) is 10.1. The van der Waals surface area contributed by atoms with Crippen LogP contribution in [0.4, 0.5) is 0 Å². The van der Waals surface area contributed by atoms with Gasteiger partial charge in [-0.05, 0) is 5.92 Å². The number of carbonyl (C=O) groups excluding carboxylic acids is 1. The van der Waals surface area contributed by atoms with Crippen LogP contribution in [0, 0.1) is 26.4 Å². The van der Waals surface area contributed by atoms with Gasteiger partial charge in [0.15, 0.2) is 0 Å². The fourth-order valence-corrected chi connectivity index (χ4v) is 1.12. The van der Waals surface area contributed by atoms with E-state index >= 15 is 0 Å². The zero-order valence-corrected chi connectivity index (χ0v) is 19.1. The van der Waals surface area contributed by atoms with Crippen molar-refractivity contribution in [1.29, 1.82) is 0 Å². The van der Waals surface area contributed by atoms with E-state index in [0.29, 0.717) is 13.1 Å². The van der Waals surface area contributed by atoms with Gasteiger partial charge in [-0.25, -0.2) is 37.3 Å². The van der Waals surface area contributed by atoms with E-state index in [0.717, 1.165) is 32.6 Å². The Morgan fingerprint density at radius 3 is 1.23 bits per heavy atom. The minimum atomic E-state index is -4.94. The molecule has 0 aliphatic carbocycles. The zero-order chi connectivity index (χ0) is 24.1. The van der Waals surface area contributed by atoms with Gasteiger partial charge < -0.3 is 37.7 Å². The van der Waals surface area contributed by atoms with Gasteiger partial charge in [-0.2, -0.15) is 0 Å². The topological polar surface area (TPSA) is 327 Å². The maximum absolute atomic E-state index is 10.1. The second-order valence-corrected chi connectivity index (χ2v) is 6.58. The van der Waals surface area contributed by atoms with Crippen molar-refractivity contribution in [1.82, 2.24) is 10.6 Å². The number of nitrogens with one attached hydrogen (secondary N) is 2. The monoisotopic (exact) mass is 533 g/mol. The van der Waals surface area contributed by atoms with E-state index in [9.17, 15) is 9.90 Å². The van der Waals surface area contributed by atoms with Crippen molar-refractivity contribution in [2.45, 2.75) is 26.3 Å². The molecule has 0 aromatic heterocycles. The molecule has 0 spiro atoms. The summed E-state index contributed by atoms with van der Waals surface area (Å²) in [6.45, 7) is 8.82. The summed E-state index contributed by atoms with van der Waals surface area (Å²) in [5.74, 6) is -1.15. The molecule has 0 radical (unpaired) electrons. The summed E-state index contributed by atoms with van der Waals surface area (Å²) < 4.78 is 67.9. The van der Waals surface area contributed by atoms with E-state index in [4.69, 9.17) is 54.5 Å². The standard InChI is InChI=1S/C6H18N4.C6H13NO2.2ClHO4.Co/c7-1-3-9-5-6-10-4-2-8;1-3-4(2)5(7)6(8)9;2*2-1(3,4)5;/h9-10H,1-8H2;4-5H,3,7H2,1-2H3,(H,8,9);2*(H,2,3,4,5);/q;;;;+3/p-3/t;4-,5-;;;/m.0.../s1. The van der Waals surface area contributed by atoms with Gasteiger partial charge in [-0.3, -0.25) is 0 Å². The molecular formula is C12H30Cl2CoN5O10. The number of carboxylic acid groups (broad SMARTS) is 1. The first-order valence-electron chi connectivity index (χ1n) is 8.02. The molecule has 0 bridgehead atoms. The van der Waals surface area contributed by atoms with Gasteiger partial charge in [0, 0.05) is 45.3 Å². The van der Waals surface area contributed by atoms with Crippen LogP contribution in [0.3, 0.4) is 0 Å². The van der Waals surface area contributed by atoms with Crippen molar-refractivity contribution in [3.8, 4) is 0 Å². The van der Waals surface area contributed by atoms with Crippen LogP contribution in [0.1, 0.15) is 20.3 Å². The molecule has 15 nitrogen and oxygen atoms in total. The van der Waals surface area contributed by atoms with Crippen LogP contribution in [0.2, 0.25) is 0 Å². The number of halogens is 2. The Balaban J connectivity index is -0.0000000959. The van der Waals surface area contributed by atoms with Crippen LogP contribution in [-0.2, 0) is 21.6 Å². The molecule has 186 valence electrons. The van der Waals surface area contributed by atoms with Gasteiger partial charge in [0.25, 0.3) is 0 Å². The van der Waals surface area contributed by atoms with Crippen LogP contribution in [0.25, 0.3) is 0 Å². The Bertz CT molecular complexity index is 335. The summed E-state index contributed by atoms with van der Waals surface area (Å²) in [5, 5.41) is 16.4. The second-order valence-electron chi connectivity index (χ2n) is 5.06. The number of rotatable bonds is 10. The van der Waals surface area contributed by atoms with Gasteiger partial charge in [0.1, 0.15) is 0 Å². The first kappa shape index (κ1) is 40.4. The summed E-state index contributed by atoms with van der Waals surface area (Å²) in [6, 6.07) is -0.810. The molecule has 0 amide bonds. The number of hydrogen-bond acceptors (Lipinski definition) is 15. The maximum Gasteiger partial charge on any atom is 3.00 e. The summed E-state index contributed by atoms with van der Waals surface area (Å²) in [5.41, 5.74) is 15.7. The molecule has 18 heteroatoms. The number of nitrogens with two attached hydrogens (primary N) is 3. The molecule has 2 atom stereocenters. The van der Waals surface area contributed by atoms with Crippen molar-refractivity contribution in [2.24, 2.45) is 23.1 Å². The Morgan fingerprint density at radius 2 is 1.10 bits per heavy atom. The van der Waals surface area contributed by atoms with Crippen LogP contribution >= 0.6 is 0 Å². The van der Waals surface area contributed by atoms with Gasteiger partial charge in [-0.15, -0.1) is 20.5 Å². The summed E-state index contributed by atoms with van der Waals surface area (Å²) in [6.07, 6.45) is 0.773. The van der Waals surface area contributed by atoms with E-state index in [1.807, 2.05) is 6.92 Å². The average molecular weight is 534 g/mol.